The number of H-pyrrole nitrogens is 1. The van der Waals surface area contributed by atoms with Crippen LogP contribution in [0.2, 0.25) is 0 Å². The average Bonchev–Trinajstić information content (AvgIpc) is 3.11. The average molecular weight is 270 g/mol. The van der Waals surface area contributed by atoms with Crippen LogP contribution in [0, 0.1) is 0 Å². The van der Waals surface area contributed by atoms with Gasteiger partial charge in [0.25, 0.3) is 5.91 Å². The molecule has 2 N–H and O–H groups in total. The van der Waals surface area contributed by atoms with Gasteiger partial charge in [0.2, 0.25) is 0 Å². The van der Waals surface area contributed by atoms with Gasteiger partial charge in [0, 0.05) is 12.7 Å². The molecule has 104 valence electrons. The van der Waals surface area contributed by atoms with E-state index in [2.05, 4.69) is 4.98 Å². The van der Waals surface area contributed by atoms with Crippen molar-refractivity contribution in [1.82, 2.24) is 9.88 Å². The van der Waals surface area contributed by atoms with Crippen LogP contribution < -0.4 is 0 Å². The minimum atomic E-state index is -0.450. The lowest BCUT2D eigenvalue weighted by atomic mass is 10.0. The second-order valence-corrected chi connectivity index (χ2v) is 5.20. The highest BCUT2D eigenvalue weighted by Gasteiger charge is 2.36. The number of carbonyl (C=O) groups is 1. The number of hydrogen-bond acceptors (Lipinski definition) is 2. The Bertz CT molecular complexity index is 565. The predicted molar refractivity (Wildman–Crippen MR) is 76.4 cm³/mol. The van der Waals surface area contributed by atoms with Crippen molar-refractivity contribution in [2.45, 2.75) is 25.0 Å². The smallest absolute Gasteiger partial charge is 0.270 e. The van der Waals surface area contributed by atoms with E-state index in [9.17, 15) is 9.90 Å². The molecule has 20 heavy (non-hydrogen) atoms. The van der Waals surface area contributed by atoms with Crippen molar-refractivity contribution in [2.75, 3.05) is 6.54 Å². The van der Waals surface area contributed by atoms with Crippen LogP contribution in [0.4, 0.5) is 0 Å². The second-order valence-electron chi connectivity index (χ2n) is 5.20. The Labute approximate surface area is 118 Å². The van der Waals surface area contributed by atoms with Gasteiger partial charge < -0.3 is 15.0 Å². The van der Waals surface area contributed by atoms with Crippen LogP contribution in [-0.4, -0.2) is 39.6 Å². The Hall–Kier alpha value is -2.07. The summed E-state index contributed by atoms with van der Waals surface area (Å²) >= 11 is 0. The molecule has 0 radical (unpaired) electrons. The monoisotopic (exact) mass is 270 g/mol. The first kappa shape index (κ1) is 12.9. The third-order valence-corrected chi connectivity index (χ3v) is 3.89. The van der Waals surface area contributed by atoms with E-state index in [4.69, 9.17) is 0 Å². The van der Waals surface area contributed by atoms with Crippen LogP contribution in [0.3, 0.4) is 0 Å². The largest absolute Gasteiger partial charge is 0.391 e. The zero-order valence-electron chi connectivity index (χ0n) is 11.2. The van der Waals surface area contributed by atoms with E-state index in [1.54, 1.807) is 17.2 Å². The minimum absolute atomic E-state index is 0.0347. The van der Waals surface area contributed by atoms with Crippen molar-refractivity contribution >= 4 is 5.91 Å². The molecule has 1 aliphatic heterocycles. The first-order valence-electron chi connectivity index (χ1n) is 6.92. The van der Waals surface area contributed by atoms with E-state index in [1.807, 2.05) is 36.4 Å². The summed E-state index contributed by atoms with van der Waals surface area (Å²) in [4.78, 5) is 17.2. The van der Waals surface area contributed by atoms with E-state index in [0.29, 0.717) is 25.1 Å². The van der Waals surface area contributed by atoms with Gasteiger partial charge in [-0.1, -0.05) is 30.3 Å². The van der Waals surface area contributed by atoms with Gasteiger partial charge in [-0.15, -0.1) is 0 Å². The third-order valence-electron chi connectivity index (χ3n) is 3.89. The summed E-state index contributed by atoms with van der Waals surface area (Å²) in [6, 6.07) is 13.4. The van der Waals surface area contributed by atoms with Crippen LogP contribution >= 0.6 is 0 Å². The number of nitrogens with zero attached hydrogens (tertiary/aromatic N) is 1. The Kier molecular flexibility index (Phi) is 3.56. The number of aliphatic hydroxyl groups excluding tert-OH is 1. The summed E-state index contributed by atoms with van der Waals surface area (Å²) in [5, 5.41) is 10.2. The van der Waals surface area contributed by atoms with Gasteiger partial charge in [0.1, 0.15) is 5.69 Å². The van der Waals surface area contributed by atoms with Gasteiger partial charge >= 0.3 is 0 Å². The number of nitrogens with one attached hydrogen (secondary N) is 1. The first-order valence-corrected chi connectivity index (χ1v) is 6.92. The highest BCUT2D eigenvalue weighted by Crippen LogP contribution is 2.23. The topological polar surface area (TPSA) is 56.3 Å². The Morgan fingerprint density at radius 1 is 1.25 bits per heavy atom. The minimum Gasteiger partial charge on any atom is -0.391 e. The molecule has 4 heteroatoms. The standard InChI is InChI=1S/C16H18N2O2/c19-15-8-10-18(16(20)13-7-4-9-17-13)14(15)11-12-5-2-1-3-6-12/h1-7,9,14-15,17,19H,8,10-11H2/t14-,15-/m0/s1. The molecule has 2 aromatic rings. The lowest BCUT2D eigenvalue weighted by Gasteiger charge is -2.26. The molecule has 4 nitrogen and oxygen atoms in total. The quantitative estimate of drug-likeness (QED) is 0.894. The molecule has 0 unspecified atom stereocenters. The number of amides is 1. The zero-order chi connectivity index (χ0) is 13.9. The lowest BCUT2D eigenvalue weighted by Crippen LogP contribution is -2.41. The predicted octanol–water partition coefficient (Wildman–Crippen LogP) is 1.83. The number of aliphatic hydroxyl groups is 1. The summed E-state index contributed by atoms with van der Waals surface area (Å²) < 4.78 is 0. The number of aromatic amines is 1. The van der Waals surface area contributed by atoms with Crippen LogP contribution in [0.1, 0.15) is 22.5 Å². The van der Waals surface area contributed by atoms with Crippen molar-refractivity contribution in [3.05, 3.63) is 59.9 Å². The van der Waals surface area contributed by atoms with Crippen LogP contribution in [0.5, 0.6) is 0 Å². The Morgan fingerprint density at radius 2 is 2.05 bits per heavy atom. The number of benzene rings is 1. The maximum absolute atomic E-state index is 12.4. The van der Waals surface area contributed by atoms with Gasteiger partial charge in [-0.25, -0.2) is 0 Å². The number of hydrogen-bond donors (Lipinski definition) is 2. The van der Waals surface area contributed by atoms with Crippen molar-refractivity contribution in [3.63, 3.8) is 0 Å². The molecule has 2 heterocycles. The molecule has 3 rings (SSSR count). The van der Waals surface area contributed by atoms with Crippen LogP contribution in [0.25, 0.3) is 0 Å². The lowest BCUT2D eigenvalue weighted by molar-refractivity contribution is 0.0635. The molecule has 0 saturated carbocycles. The van der Waals surface area contributed by atoms with Crippen molar-refractivity contribution < 1.29 is 9.90 Å². The first-order chi connectivity index (χ1) is 9.75. The molecule has 1 saturated heterocycles. The van der Waals surface area contributed by atoms with E-state index in [1.165, 1.54) is 0 Å². The Morgan fingerprint density at radius 3 is 2.75 bits per heavy atom. The van der Waals surface area contributed by atoms with Gasteiger partial charge in [-0.3, -0.25) is 4.79 Å². The van der Waals surface area contributed by atoms with Gasteiger partial charge in [-0.2, -0.15) is 0 Å². The summed E-state index contributed by atoms with van der Waals surface area (Å²) in [5.74, 6) is -0.0347. The molecule has 1 aromatic carbocycles. The van der Waals surface area contributed by atoms with Crippen LogP contribution in [0.15, 0.2) is 48.7 Å². The highest BCUT2D eigenvalue weighted by molar-refractivity contribution is 5.92. The molecule has 0 bridgehead atoms. The molecule has 2 atom stereocenters. The van der Waals surface area contributed by atoms with E-state index >= 15 is 0 Å². The zero-order valence-corrected chi connectivity index (χ0v) is 11.2. The number of carbonyl (C=O) groups excluding carboxylic acids is 1. The molecule has 1 amide bonds. The molecule has 0 spiro atoms. The SMILES string of the molecule is O=C(c1ccc[nH]1)N1CC[C@H](O)[C@@H]1Cc1ccccc1. The summed E-state index contributed by atoms with van der Waals surface area (Å²) in [6.07, 6.45) is 2.62. The fourth-order valence-electron chi connectivity index (χ4n) is 2.81. The Balaban J connectivity index is 1.78. The van der Waals surface area contributed by atoms with Crippen molar-refractivity contribution in [3.8, 4) is 0 Å². The van der Waals surface area contributed by atoms with Crippen molar-refractivity contribution in [2.24, 2.45) is 0 Å². The fourth-order valence-corrected chi connectivity index (χ4v) is 2.81. The molecular formula is C16H18N2O2. The summed E-state index contributed by atoms with van der Waals surface area (Å²) in [5.41, 5.74) is 1.72. The van der Waals surface area contributed by atoms with Crippen LogP contribution in [-0.2, 0) is 6.42 Å². The summed E-state index contributed by atoms with van der Waals surface area (Å²) in [6.45, 7) is 0.608. The maximum atomic E-state index is 12.4. The number of rotatable bonds is 3. The van der Waals surface area contributed by atoms with Gasteiger partial charge in [-0.05, 0) is 30.5 Å². The summed E-state index contributed by atoms with van der Waals surface area (Å²) in [7, 11) is 0. The maximum Gasteiger partial charge on any atom is 0.270 e. The number of likely N-dealkylation sites (tertiary alicyclic amines) is 1. The molecule has 1 aromatic heterocycles. The van der Waals surface area contributed by atoms with Gasteiger partial charge in [0.05, 0.1) is 12.1 Å². The third kappa shape index (κ3) is 2.47. The fraction of sp³-hybridized carbons (Fsp3) is 0.312. The molecule has 1 aliphatic rings. The molecule has 0 aliphatic carbocycles. The highest BCUT2D eigenvalue weighted by atomic mass is 16.3. The van der Waals surface area contributed by atoms with E-state index in [-0.39, 0.29) is 11.9 Å². The van der Waals surface area contributed by atoms with E-state index < -0.39 is 6.10 Å². The molecular weight excluding hydrogens is 252 g/mol. The molecule has 1 fully saturated rings. The normalized spacial score (nSPS) is 22.1. The number of aromatic nitrogens is 1. The van der Waals surface area contributed by atoms with E-state index in [0.717, 1.165) is 5.56 Å². The van der Waals surface area contributed by atoms with Crippen molar-refractivity contribution in [1.29, 1.82) is 0 Å². The van der Waals surface area contributed by atoms with Gasteiger partial charge in [0.15, 0.2) is 0 Å². The second kappa shape index (κ2) is 5.51.